The highest BCUT2D eigenvalue weighted by Gasteiger charge is 2.20. The van der Waals surface area contributed by atoms with E-state index < -0.39 is 0 Å². The van der Waals surface area contributed by atoms with Gasteiger partial charge in [-0.05, 0) is 54.1 Å². The van der Waals surface area contributed by atoms with Crippen LogP contribution in [0.4, 0.5) is 0 Å². The molecule has 0 saturated carbocycles. The van der Waals surface area contributed by atoms with E-state index in [1.807, 2.05) is 91.0 Å². The Morgan fingerprint density at radius 1 is 0.294 bits per heavy atom. The van der Waals surface area contributed by atoms with Crippen LogP contribution in [0.1, 0.15) is 0 Å². The van der Waals surface area contributed by atoms with Crippen molar-refractivity contribution < 1.29 is 13.3 Å². The fraction of sp³-hybridized carbons (Fsp3) is 0. The second-order valence-electron chi connectivity index (χ2n) is 12.8. The Kier molecular flexibility index (Phi) is 5.86. The topological polar surface area (TPSA) is 78.1 Å². The molecule has 4 aromatic heterocycles. The summed E-state index contributed by atoms with van der Waals surface area (Å²) in [7, 11) is 0. The summed E-state index contributed by atoms with van der Waals surface area (Å²) in [6.07, 6.45) is 0. The van der Waals surface area contributed by atoms with E-state index in [-0.39, 0.29) is 0 Å². The van der Waals surface area contributed by atoms with Crippen LogP contribution < -0.4 is 0 Å². The number of benzene rings is 7. The van der Waals surface area contributed by atoms with Crippen molar-refractivity contribution in [3.63, 3.8) is 0 Å². The zero-order chi connectivity index (χ0) is 33.5. The Labute approximate surface area is 290 Å². The number of hydrogen-bond acceptors (Lipinski definition) is 6. The lowest BCUT2D eigenvalue weighted by Gasteiger charge is -2.09. The minimum Gasteiger partial charge on any atom is -0.456 e. The molecule has 0 amide bonds. The van der Waals surface area contributed by atoms with E-state index in [9.17, 15) is 0 Å². The lowest BCUT2D eigenvalue weighted by molar-refractivity contribution is 0.668. The van der Waals surface area contributed by atoms with Gasteiger partial charge in [0, 0.05) is 49.0 Å². The van der Waals surface area contributed by atoms with Gasteiger partial charge in [0.05, 0.1) is 5.56 Å². The number of rotatable bonds is 4. The molecule has 0 atom stereocenters. The van der Waals surface area contributed by atoms with Crippen molar-refractivity contribution in [2.75, 3.05) is 0 Å². The predicted molar refractivity (Wildman–Crippen MR) is 203 cm³/mol. The number of aromatic nitrogens is 3. The number of hydrogen-bond donors (Lipinski definition) is 0. The van der Waals surface area contributed by atoms with Gasteiger partial charge in [-0.2, -0.15) is 0 Å². The van der Waals surface area contributed by atoms with Crippen LogP contribution in [-0.2, 0) is 0 Å². The van der Waals surface area contributed by atoms with Crippen LogP contribution in [0.15, 0.2) is 165 Å². The number of fused-ring (bicyclic) bond motifs is 9. The molecular weight excluding hydrogens is 631 g/mol. The van der Waals surface area contributed by atoms with Crippen molar-refractivity contribution in [2.24, 2.45) is 0 Å². The molecule has 0 spiro atoms. The van der Waals surface area contributed by atoms with E-state index in [4.69, 9.17) is 28.2 Å². The zero-order valence-corrected chi connectivity index (χ0v) is 27.0. The van der Waals surface area contributed by atoms with Gasteiger partial charge < -0.3 is 13.3 Å². The fourth-order valence-electron chi connectivity index (χ4n) is 7.32. The maximum atomic E-state index is 6.84. The summed E-state index contributed by atoms with van der Waals surface area (Å²) in [6, 6.07) is 51.1. The predicted octanol–water partition coefficient (Wildman–Crippen LogP) is 12.2. The molecule has 0 aliphatic heterocycles. The molecule has 0 radical (unpaired) electrons. The monoisotopic (exact) mass is 655 g/mol. The van der Waals surface area contributed by atoms with Gasteiger partial charge in [0.15, 0.2) is 17.5 Å². The van der Waals surface area contributed by atoms with Gasteiger partial charge in [-0.15, -0.1) is 0 Å². The van der Waals surface area contributed by atoms with Gasteiger partial charge in [-0.25, -0.2) is 15.0 Å². The number of para-hydroxylation sites is 4. The summed E-state index contributed by atoms with van der Waals surface area (Å²) in [6.45, 7) is 0. The Morgan fingerprint density at radius 2 is 0.843 bits per heavy atom. The van der Waals surface area contributed by atoms with Crippen molar-refractivity contribution in [3.05, 3.63) is 152 Å². The molecule has 6 nitrogen and oxygen atoms in total. The summed E-state index contributed by atoms with van der Waals surface area (Å²) in [5, 5.41) is 6.27. The minimum absolute atomic E-state index is 0.533. The smallest absolute Gasteiger partial charge is 0.167 e. The van der Waals surface area contributed by atoms with Crippen molar-refractivity contribution in [1.82, 2.24) is 15.0 Å². The van der Waals surface area contributed by atoms with E-state index in [0.29, 0.717) is 17.5 Å². The van der Waals surface area contributed by atoms with E-state index in [1.54, 1.807) is 0 Å². The average molecular weight is 656 g/mol. The maximum Gasteiger partial charge on any atom is 0.167 e. The molecule has 0 N–H and O–H groups in total. The number of furan rings is 3. The van der Waals surface area contributed by atoms with E-state index >= 15 is 0 Å². The first-order valence-corrected chi connectivity index (χ1v) is 16.8. The highest BCUT2D eigenvalue weighted by molar-refractivity contribution is 6.14. The Balaban J connectivity index is 1.11. The highest BCUT2D eigenvalue weighted by atomic mass is 16.3. The Bertz CT molecular complexity index is 3150. The second-order valence-corrected chi connectivity index (χ2v) is 12.8. The summed E-state index contributed by atoms with van der Waals surface area (Å²) in [5.41, 5.74) is 9.46. The van der Waals surface area contributed by atoms with Gasteiger partial charge in [-0.1, -0.05) is 103 Å². The molecule has 11 rings (SSSR count). The lowest BCUT2D eigenvalue weighted by atomic mass is 10.0. The van der Waals surface area contributed by atoms with Crippen molar-refractivity contribution in [2.45, 2.75) is 0 Å². The summed E-state index contributed by atoms with van der Waals surface area (Å²) in [5.74, 6) is 1.69. The zero-order valence-electron chi connectivity index (χ0n) is 27.0. The molecule has 0 unspecified atom stereocenters. The first-order valence-electron chi connectivity index (χ1n) is 16.8. The van der Waals surface area contributed by atoms with Crippen LogP contribution in [0.3, 0.4) is 0 Å². The van der Waals surface area contributed by atoms with E-state index in [0.717, 1.165) is 93.6 Å². The normalized spacial score (nSPS) is 11.9. The molecule has 238 valence electrons. The van der Waals surface area contributed by atoms with Gasteiger partial charge in [-0.3, -0.25) is 0 Å². The molecule has 11 aromatic rings. The molecule has 0 saturated heterocycles. The first-order chi connectivity index (χ1) is 25.2. The average Bonchev–Trinajstić information content (AvgIpc) is 3.88. The third-order valence-electron chi connectivity index (χ3n) is 9.76. The Morgan fingerprint density at radius 3 is 1.63 bits per heavy atom. The molecule has 4 heterocycles. The fourth-order valence-corrected chi connectivity index (χ4v) is 7.32. The van der Waals surface area contributed by atoms with Crippen LogP contribution in [0.2, 0.25) is 0 Å². The molecule has 51 heavy (non-hydrogen) atoms. The standard InChI is InChI=1S/C45H25N3O3/c1-2-10-26(11-3-1)43-46-44(28-21-23-39-36(24-28)31-13-5-7-19-38(31)49-39)48-45(47-43)35-17-9-16-34-33-15-8-14-29(41(33)51-42(34)35)27-20-22-32-30-12-4-6-18-37(30)50-40(32)25-27/h1-25H. The minimum atomic E-state index is 0.533. The van der Waals surface area contributed by atoms with Crippen molar-refractivity contribution >= 4 is 65.8 Å². The molecule has 0 aliphatic carbocycles. The molecule has 7 aromatic carbocycles. The lowest BCUT2D eigenvalue weighted by Crippen LogP contribution is -2.00. The van der Waals surface area contributed by atoms with Crippen LogP contribution in [0.25, 0.3) is 111 Å². The SMILES string of the molecule is c1ccc(-c2nc(-c3ccc4oc5ccccc5c4c3)nc(-c3cccc4c3oc3c(-c5ccc6c(c5)oc5ccccc56)cccc34)n2)cc1. The van der Waals surface area contributed by atoms with Gasteiger partial charge in [0.25, 0.3) is 0 Å². The molecule has 0 aliphatic rings. The molecule has 0 bridgehead atoms. The summed E-state index contributed by atoms with van der Waals surface area (Å²) in [4.78, 5) is 15.1. The highest BCUT2D eigenvalue weighted by Crippen LogP contribution is 2.41. The molecule has 0 fully saturated rings. The number of nitrogens with zero attached hydrogens (tertiary/aromatic N) is 3. The van der Waals surface area contributed by atoms with E-state index in [2.05, 4.69) is 60.7 Å². The van der Waals surface area contributed by atoms with Crippen molar-refractivity contribution in [1.29, 1.82) is 0 Å². The third kappa shape index (κ3) is 4.33. The van der Waals surface area contributed by atoms with Gasteiger partial charge in [0.1, 0.15) is 33.5 Å². The molecular formula is C45H25N3O3. The summed E-state index contributed by atoms with van der Waals surface area (Å²) >= 11 is 0. The van der Waals surface area contributed by atoms with Gasteiger partial charge in [0.2, 0.25) is 0 Å². The summed E-state index contributed by atoms with van der Waals surface area (Å²) < 4.78 is 19.2. The third-order valence-corrected chi connectivity index (χ3v) is 9.76. The van der Waals surface area contributed by atoms with Gasteiger partial charge >= 0.3 is 0 Å². The quantitative estimate of drug-likeness (QED) is 0.188. The second kappa shape index (κ2) is 10.7. The van der Waals surface area contributed by atoms with Crippen LogP contribution in [-0.4, -0.2) is 15.0 Å². The Hall–Kier alpha value is -7.05. The van der Waals surface area contributed by atoms with E-state index in [1.165, 1.54) is 0 Å². The first kappa shape index (κ1) is 27.9. The van der Waals surface area contributed by atoms with Crippen LogP contribution in [0, 0.1) is 0 Å². The van der Waals surface area contributed by atoms with Crippen molar-refractivity contribution in [3.8, 4) is 45.3 Å². The maximum absolute atomic E-state index is 6.84. The molecule has 6 heteroatoms. The largest absolute Gasteiger partial charge is 0.456 e. The van der Waals surface area contributed by atoms with Crippen LogP contribution in [0.5, 0.6) is 0 Å². The van der Waals surface area contributed by atoms with Crippen LogP contribution >= 0.6 is 0 Å².